The second-order valence-electron chi connectivity index (χ2n) is 5.28. The van der Waals surface area contributed by atoms with Gasteiger partial charge in [-0.25, -0.2) is 0 Å². The van der Waals surface area contributed by atoms with E-state index in [1.54, 1.807) is 0 Å². The average Bonchev–Trinajstić information content (AvgIpc) is 2.93. The maximum atomic E-state index is 9.95. The van der Waals surface area contributed by atoms with E-state index in [0.717, 1.165) is 37.0 Å². The van der Waals surface area contributed by atoms with E-state index in [4.69, 9.17) is 4.74 Å². The fraction of sp³-hybridized carbons (Fsp3) is 0.412. The van der Waals surface area contributed by atoms with Gasteiger partial charge in [0.1, 0.15) is 12.4 Å². The molecule has 1 heterocycles. The highest BCUT2D eigenvalue weighted by Crippen LogP contribution is 2.32. The van der Waals surface area contributed by atoms with Gasteiger partial charge in [-0.05, 0) is 61.1 Å². The van der Waals surface area contributed by atoms with E-state index in [1.165, 1.54) is 15.3 Å². The van der Waals surface area contributed by atoms with Gasteiger partial charge in [0.25, 0.3) is 0 Å². The number of hydrogen-bond acceptors (Lipinski definition) is 3. The molecule has 1 aromatic heterocycles. The van der Waals surface area contributed by atoms with Crippen molar-refractivity contribution in [2.75, 3.05) is 0 Å². The Morgan fingerprint density at radius 3 is 2.90 bits per heavy atom. The summed E-state index contributed by atoms with van der Waals surface area (Å²) in [5.74, 6) is 0.907. The first-order valence-corrected chi connectivity index (χ1v) is 8.09. The highest BCUT2D eigenvalue weighted by atomic mass is 32.1. The van der Waals surface area contributed by atoms with Crippen LogP contribution in [0.15, 0.2) is 30.3 Å². The Morgan fingerprint density at radius 1 is 1.25 bits per heavy atom. The van der Waals surface area contributed by atoms with E-state index in [-0.39, 0.29) is 6.10 Å². The monoisotopic (exact) mass is 288 g/mol. The second-order valence-corrected chi connectivity index (χ2v) is 6.53. The Balaban J connectivity index is 1.68. The summed E-state index contributed by atoms with van der Waals surface area (Å²) in [6, 6.07) is 10.4. The van der Waals surface area contributed by atoms with Crippen LogP contribution in [0.4, 0.5) is 0 Å². The molecule has 0 aliphatic heterocycles. The van der Waals surface area contributed by atoms with Gasteiger partial charge in [-0.1, -0.05) is 13.0 Å². The molecule has 0 radical (unpaired) electrons. The maximum absolute atomic E-state index is 9.95. The van der Waals surface area contributed by atoms with Gasteiger partial charge in [-0.15, -0.1) is 11.3 Å². The van der Waals surface area contributed by atoms with Crippen molar-refractivity contribution < 1.29 is 9.84 Å². The molecular weight excluding hydrogens is 268 g/mol. The molecule has 1 N–H and O–H groups in total. The molecule has 106 valence electrons. The SMILES string of the molecule is CCc1ccc(COc2ccc3c(c2)CCCC3O)s1. The molecular formula is C17H20O2S. The van der Waals surface area contributed by atoms with E-state index >= 15 is 0 Å². The first-order chi connectivity index (χ1) is 9.76. The molecule has 20 heavy (non-hydrogen) atoms. The van der Waals surface area contributed by atoms with E-state index < -0.39 is 0 Å². The van der Waals surface area contributed by atoms with Crippen LogP contribution in [0.2, 0.25) is 0 Å². The van der Waals surface area contributed by atoms with Crippen molar-refractivity contribution in [3.63, 3.8) is 0 Å². The molecule has 1 aliphatic rings. The van der Waals surface area contributed by atoms with Crippen molar-refractivity contribution in [1.29, 1.82) is 0 Å². The van der Waals surface area contributed by atoms with Crippen molar-refractivity contribution in [3.8, 4) is 5.75 Å². The summed E-state index contributed by atoms with van der Waals surface area (Å²) in [5.41, 5.74) is 2.31. The Hall–Kier alpha value is -1.32. The number of hydrogen-bond donors (Lipinski definition) is 1. The number of aryl methyl sites for hydroxylation is 2. The first-order valence-electron chi connectivity index (χ1n) is 7.27. The zero-order chi connectivity index (χ0) is 13.9. The standard InChI is InChI=1S/C17H20O2S/c1-2-14-7-8-15(20-14)11-19-13-6-9-16-12(10-13)4-3-5-17(16)18/h6-10,17-18H,2-5,11H2,1H3. The van der Waals surface area contributed by atoms with Crippen molar-refractivity contribution in [2.24, 2.45) is 0 Å². The van der Waals surface area contributed by atoms with Crippen molar-refractivity contribution in [1.82, 2.24) is 0 Å². The Labute approximate surface area is 124 Å². The minimum absolute atomic E-state index is 0.294. The van der Waals surface area contributed by atoms with Crippen LogP contribution in [0.3, 0.4) is 0 Å². The van der Waals surface area contributed by atoms with Gasteiger partial charge in [0.05, 0.1) is 6.10 Å². The number of benzene rings is 1. The summed E-state index contributed by atoms with van der Waals surface area (Å²) in [7, 11) is 0. The lowest BCUT2D eigenvalue weighted by molar-refractivity contribution is 0.156. The lowest BCUT2D eigenvalue weighted by atomic mass is 9.89. The Morgan fingerprint density at radius 2 is 2.10 bits per heavy atom. The molecule has 0 fully saturated rings. The number of rotatable bonds is 4. The topological polar surface area (TPSA) is 29.5 Å². The fourth-order valence-corrected chi connectivity index (χ4v) is 3.57. The van der Waals surface area contributed by atoms with Crippen LogP contribution in [-0.2, 0) is 19.4 Å². The van der Waals surface area contributed by atoms with Gasteiger partial charge < -0.3 is 9.84 Å². The third kappa shape index (κ3) is 2.89. The zero-order valence-electron chi connectivity index (χ0n) is 11.8. The average molecular weight is 288 g/mol. The van der Waals surface area contributed by atoms with E-state index in [0.29, 0.717) is 6.61 Å². The minimum Gasteiger partial charge on any atom is -0.488 e. The fourth-order valence-electron chi connectivity index (χ4n) is 2.70. The van der Waals surface area contributed by atoms with Gasteiger partial charge in [0.2, 0.25) is 0 Å². The Bertz CT molecular complexity index is 588. The van der Waals surface area contributed by atoms with Crippen LogP contribution >= 0.6 is 11.3 Å². The molecule has 3 rings (SSSR count). The molecule has 1 unspecified atom stereocenters. The molecule has 0 saturated heterocycles. The number of fused-ring (bicyclic) bond motifs is 1. The smallest absolute Gasteiger partial charge is 0.122 e. The third-order valence-electron chi connectivity index (χ3n) is 3.84. The summed E-state index contributed by atoms with van der Waals surface area (Å²) in [6.07, 6.45) is 3.77. The van der Waals surface area contributed by atoms with E-state index in [9.17, 15) is 5.11 Å². The predicted octanol–water partition coefficient (Wildman–Crippen LogP) is 4.26. The highest BCUT2D eigenvalue weighted by molar-refractivity contribution is 7.11. The molecule has 0 saturated carbocycles. The number of thiophene rings is 1. The molecule has 0 amide bonds. The summed E-state index contributed by atoms with van der Waals surface area (Å²) >= 11 is 1.82. The minimum atomic E-state index is -0.294. The lowest BCUT2D eigenvalue weighted by Gasteiger charge is -2.21. The number of ether oxygens (including phenoxy) is 1. The molecule has 3 heteroatoms. The predicted molar refractivity (Wildman–Crippen MR) is 82.4 cm³/mol. The number of aliphatic hydroxyl groups is 1. The molecule has 0 bridgehead atoms. The summed E-state index contributed by atoms with van der Waals surface area (Å²) in [5, 5.41) is 9.95. The van der Waals surface area contributed by atoms with Crippen LogP contribution in [0.5, 0.6) is 5.75 Å². The van der Waals surface area contributed by atoms with Crippen LogP contribution in [0, 0.1) is 0 Å². The third-order valence-corrected chi connectivity index (χ3v) is 5.05. The van der Waals surface area contributed by atoms with Crippen molar-refractivity contribution in [2.45, 2.75) is 45.3 Å². The second kappa shape index (κ2) is 5.98. The van der Waals surface area contributed by atoms with Crippen LogP contribution in [-0.4, -0.2) is 5.11 Å². The van der Waals surface area contributed by atoms with Crippen molar-refractivity contribution >= 4 is 11.3 Å². The van der Waals surface area contributed by atoms with Gasteiger partial charge >= 0.3 is 0 Å². The molecule has 1 aliphatic carbocycles. The largest absolute Gasteiger partial charge is 0.488 e. The normalized spacial score (nSPS) is 17.8. The van der Waals surface area contributed by atoms with Crippen molar-refractivity contribution in [3.05, 3.63) is 51.2 Å². The van der Waals surface area contributed by atoms with Crippen LogP contribution < -0.4 is 4.74 Å². The molecule has 0 spiro atoms. The molecule has 1 atom stereocenters. The lowest BCUT2D eigenvalue weighted by Crippen LogP contribution is -2.09. The maximum Gasteiger partial charge on any atom is 0.122 e. The quantitative estimate of drug-likeness (QED) is 0.911. The van der Waals surface area contributed by atoms with Gasteiger partial charge in [-0.3, -0.25) is 0 Å². The molecule has 2 nitrogen and oxygen atoms in total. The molecule has 1 aromatic carbocycles. The van der Waals surface area contributed by atoms with E-state index in [1.807, 2.05) is 23.5 Å². The Kier molecular flexibility index (Phi) is 4.08. The first kappa shape index (κ1) is 13.7. The van der Waals surface area contributed by atoms with Gasteiger partial charge in [-0.2, -0.15) is 0 Å². The summed E-state index contributed by atoms with van der Waals surface area (Å²) < 4.78 is 5.88. The summed E-state index contributed by atoms with van der Waals surface area (Å²) in [6.45, 7) is 2.80. The zero-order valence-corrected chi connectivity index (χ0v) is 12.6. The van der Waals surface area contributed by atoms with E-state index in [2.05, 4.69) is 25.1 Å². The highest BCUT2D eigenvalue weighted by Gasteiger charge is 2.18. The number of aliphatic hydroxyl groups excluding tert-OH is 1. The molecule has 2 aromatic rings. The van der Waals surface area contributed by atoms with Crippen LogP contribution in [0.1, 0.15) is 46.8 Å². The van der Waals surface area contributed by atoms with Crippen LogP contribution in [0.25, 0.3) is 0 Å². The van der Waals surface area contributed by atoms with Gasteiger partial charge in [0.15, 0.2) is 0 Å². The summed E-state index contributed by atoms with van der Waals surface area (Å²) in [4.78, 5) is 2.66. The van der Waals surface area contributed by atoms with Gasteiger partial charge in [0, 0.05) is 9.75 Å².